The fraction of sp³-hybridized carbons (Fsp3) is 0.529. The average Bonchev–Trinajstić information content (AvgIpc) is 2.54. The highest BCUT2D eigenvalue weighted by Crippen LogP contribution is 2.22. The molecule has 1 aliphatic rings. The molecule has 0 aliphatic heterocycles. The molecule has 3 N–H and O–H groups in total. The summed E-state index contributed by atoms with van der Waals surface area (Å²) in [6.45, 7) is 3.66. The molecule has 0 atom stereocenters. The fourth-order valence-corrected chi connectivity index (χ4v) is 2.67. The van der Waals surface area contributed by atoms with Crippen LogP contribution in [-0.4, -0.2) is 24.1 Å². The Morgan fingerprint density at radius 1 is 1.08 bits per heavy atom. The Hall–Kier alpha value is -2.25. The van der Waals surface area contributed by atoms with Crippen LogP contribution in [0.3, 0.4) is 0 Å². The van der Waals surface area contributed by atoms with Crippen molar-refractivity contribution >= 4 is 17.6 Å². The maximum atomic E-state index is 13.1. The molecule has 0 spiro atoms. The van der Waals surface area contributed by atoms with Gasteiger partial charge < -0.3 is 5.32 Å². The molecule has 0 bridgehead atoms. The number of carbonyl (C=O) groups is 1. The Kier molecular flexibility index (Phi) is 6.27. The number of amidine groups is 1. The van der Waals surface area contributed by atoms with E-state index in [-0.39, 0.29) is 11.7 Å². The normalized spacial score (nSPS) is 16.4. The molecule has 0 aromatic heterocycles. The standard InChI is InChI=1S/C17H23F3N4O/c1-11-8-9-14(10-12(11)2)21-15(17(18,19)20)23-24-16(25)22-13-6-4-3-5-7-13/h8-10,13H,3-7H2,1-2H3,(H,21,23)(H2,22,24,25). The zero-order valence-electron chi connectivity index (χ0n) is 14.3. The van der Waals surface area contributed by atoms with Crippen LogP contribution in [0.4, 0.5) is 23.7 Å². The summed E-state index contributed by atoms with van der Waals surface area (Å²) < 4.78 is 39.4. The van der Waals surface area contributed by atoms with Crippen molar-refractivity contribution in [3.8, 4) is 0 Å². The van der Waals surface area contributed by atoms with Gasteiger partial charge in [0, 0.05) is 6.04 Å². The summed E-state index contributed by atoms with van der Waals surface area (Å²) in [5, 5.41) is 2.67. The van der Waals surface area contributed by atoms with E-state index in [1.807, 2.05) is 17.8 Å². The molecule has 1 fully saturated rings. The minimum Gasteiger partial charge on any atom is -0.334 e. The third kappa shape index (κ3) is 5.95. The molecule has 1 aromatic rings. The molecule has 5 nitrogen and oxygen atoms in total. The number of carbonyl (C=O) groups excluding carboxylic acids is 1. The van der Waals surface area contributed by atoms with Gasteiger partial charge in [-0.2, -0.15) is 13.2 Å². The van der Waals surface area contributed by atoms with E-state index in [1.165, 1.54) is 6.07 Å². The van der Waals surface area contributed by atoms with Crippen molar-refractivity contribution < 1.29 is 18.0 Å². The van der Waals surface area contributed by atoms with Crippen LogP contribution in [0.2, 0.25) is 0 Å². The predicted octanol–water partition coefficient (Wildman–Crippen LogP) is 4.03. The lowest BCUT2D eigenvalue weighted by molar-refractivity contribution is -0.0621. The lowest BCUT2D eigenvalue weighted by atomic mass is 9.96. The number of amides is 2. The first kappa shape index (κ1) is 19.1. The fourth-order valence-electron chi connectivity index (χ4n) is 2.67. The van der Waals surface area contributed by atoms with Gasteiger partial charge in [-0.15, -0.1) is 0 Å². The molecule has 0 saturated heterocycles. The van der Waals surface area contributed by atoms with Gasteiger partial charge in [0.15, 0.2) is 0 Å². The van der Waals surface area contributed by atoms with Crippen molar-refractivity contribution in [2.45, 2.75) is 58.2 Å². The van der Waals surface area contributed by atoms with E-state index < -0.39 is 18.0 Å². The molecule has 0 heterocycles. The van der Waals surface area contributed by atoms with Gasteiger partial charge in [0.1, 0.15) is 0 Å². The van der Waals surface area contributed by atoms with Crippen molar-refractivity contribution in [2.75, 3.05) is 0 Å². The molecule has 0 radical (unpaired) electrons. The summed E-state index contributed by atoms with van der Waals surface area (Å²) in [4.78, 5) is 15.4. The number of hydrogen-bond acceptors (Lipinski definition) is 2. The summed E-state index contributed by atoms with van der Waals surface area (Å²) in [5.41, 5.74) is 5.89. The minimum absolute atomic E-state index is 0.00146. The molecular weight excluding hydrogens is 333 g/mol. The van der Waals surface area contributed by atoms with Crippen molar-refractivity contribution in [1.29, 1.82) is 0 Å². The highest BCUT2D eigenvalue weighted by atomic mass is 19.4. The monoisotopic (exact) mass is 356 g/mol. The van der Waals surface area contributed by atoms with Gasteiger partial charge in [-0.3, -0.25) is 10.9 Å². The van der Waals surface area contributed by atoms with Gasteiger partial charge in [-0.25, -0.2) is 9.79 Å². The summed E-state index contributed by atoms with van der Waals surface area (Å²) in [6.07, 6.45) is 0.128. The van der Waals surface area contributed by atoms with Crippen LogP contribution in [0.25, 0.3) is 0 Å². The Balaban J connectivity index is 2.01. The first-order chi connectivity index (χ1) is 11.8. The number of aryl methyl sites for hydroxylation is 2. The van der Waals surface area contributed by atoms with E-state index in [2.05, 4.69) is 10.3 Å². The number of nitrogens with zero attached hydrogens (tertiary/aromatic N) is 1. The molecule has 25 heavy (non-hydrogen) atoms. The smallest absolute Gasteiger partial charge is 0.334 e. The van der Waals surface area contributed by atoms with E-state index in [0.717, 1.165) is 43.2 Å². The van der Waals surface area contributed by atoms with Crippen molar-refractivity contribution in [1.82, 2.24) is 16.2 Å². The number of rotatable bonds is 2. The van der Waals surface area contributed by atoms with Crippen molar-refractivity contribution in [2.24, 2.45) is 4.99 Å². The van der Waals surface area contributed by atoms with Gasteiger partial charge in [0.05, 0.1) is 5.69 Å². The summed E-state index contributed by atoms with van der Waals surface area (Å²) in [6, 6.07) is 4.07. The number of hydrazine groups is 1. The van der Waals surface area contributed by atoms with Crippen molar-refractivity contribution in [3.05, 3.63) is 29.3 Å². The lowest BCUT2D eigenvalue weighted by Crippen LogP contribution is -2.53. The number of halogens is 3. The first-order valence-electron chi connectivity index (χ1n) is 8.31. The minimum atomic E-state index is -4.71. The topological polar surface area (TPSA) is 65.5 Å². The zero-order valence-corrected chi connectivity index (χ0v) is 14.3. The molecule has 1 aromatic carbocycles. The summed E-state index contributed by atoms with van der Waals surface area (Å²) in [7, 11) is 0. The molecule has 1 saturated carbocycles. The highest BCUT2D eigenvalue weighted by molar-refractivity contribution is 5.91. The quantitative estimate of drug-likeness (QED) is 0.425. The van der Waals surface area contributed by atoms with E-state index >= 15 is 0 Å². The lowest BCUT2D eigenvalue weighted by Gasteiger charge is -2.23. The highest BCUT2D eigenvalue weighted by Gasteiger charge is 2.36. The number of aliphatic imine (C=N–C) groups is 1. The Labute approximate surface area is 145 Å². The third-order valence-corrected chi connectivity index (χ3v) is 4.23. The first-order valence-corrected chi connectivity index (χ1v) is 8.31. The average molecular weight is 356 g/mol. The molecule has 8 heteroatoms. The van der Waals surface area contributed by atoms with Crippen LogP contribution in [0.5, 0.6) is 0 Å². The SMILES string of the molecule is Cc1ccc(N=C(NNC(=O)NC2CCCCC2)C(F)(F)F)cc1C. The molecule has 1 aliphatic carbocycles. The number of nitrogens with one attached hydrogen (secondary N) is 3. The van der Waals surface area contributed by atoms with Gasteiger partial charge >= 0.3 is 12.2 Å². The van der Waals surface area contributed by atoms with Gasteiger partial charge in [0.2, 0.25) is 5.84 Å². The van der Waals surface area contributed by atoms with Crippen LogP contribution in [0.1, 0.15) is 43.2 Å². The Morgan fingerprint density at radius 2 is 1.76 bits per heavy atom. The van der Waals surface area contributed by atoms with Crippen LogP contribution in [-0.2, 0) is 0 Å². The van der Waals surface area contributed by atoms with E-state index in [9.17, 15) is 18.0 Å². The number of benzene rings is 1. The number of urea groups is 1. The second-order valence-electron chi connectivity index (χ2n) is 6.29. The second-order valence-corrected chi connectivity index (χ2v) is 6.29. The van der Waals surface area contributed by atoms with E-state index in [0.29, 0.717) is 0 Å². The molecule has 0 unspecified atom stereocenters. The van der Waals surface area contributed by atoms with Gasteiger partial charge in [-0.05, 0) is 49.9 Å². The third-order valence-electron chi connectivity index (χ3n) is 4.23. The Morgan fingerprint density at radius 3 is 2.36 bits per heavy atom. The number of alkyl halides is 3. The summed E-state index contributed by atoms with van der Waals surface area (Å²) >= 11 is 0. The van der Waals surface area contributed by atoms with E-state index in [4.69, 9.17) is 0 Å². The van der Waals surface area contributed by atoms with Gasteiger partial charge in [0.25, 0.3) is 0 Å². The number of hydrogen-bond donors (Lipinski definition) is 3. The summed E-state index contributed by atoms with van der Waals surface area (Å²) in [5.74, 6) is -1.27. The van der Waals surface area contributed by atoms with Crippen LogP contribution in [0.15, 0.2) is 23.2 Å². The largest absolute Gasteiger partial charge is 0.450 e. The maximum Gasteiger partial charge on any atom is 0.450 e. The van der Waals surface area contributed by atoms with Crippen LogP contribution < -0.4 is 16.2 Å². The van der Waals surface area contributed by atoms with Crippen LogP contribution >= 0.6 is 0 Å². The van der Waals surface area contributed by atoms with E-state index in [1.54, 1.807) is 19.1 Å². The molecule has 2 rings (SSSR count). The molecular formula is C17H23F3N4O. The second kappa shape index (κ2) is 8.22. The molecule has 138 valence electrons. The van der Waals surface area contributed by atoms with Gasteiger partial charge in [-0.1, -0.05) is 25.3 Å². The zero-order chi connectivity index (χ0) is 18.4. The Bertz CT molecular complexity index is 637. The molecule has 2 amide bonds. The predicted molar refractivity (Wildman–Crippen MR) is 90.7 cm³/mol. The maximum absolute atomic E-state index is 13.1. The van der Waals surface area contributed by atoms with Crippen LogP contribution in [0, 0.1) is 13.8 Å². The van der Waals surface area contributed by atoms with Crippen molar-refractivity contribution in [3.63, 3.8) is 0 Å².